The van der Waals surface area contributed by atoms with Crippen LogP contribution in [0.1, 0.15) is 25.7 Å². The molecule has 1 aromatic rings. The number of halogens is 1. The number of sulfone groups is 1. The molecule has 0 aliphatic heterocycles. The van der Waals surface area contributed by atoms with Crippen molar-refractivity contribution in [3.05, 3.63) is 23.2 Å². The summed E-state index contributed by atoms with van der Waals surface area (Å²) in [5.74, 6) is 0.418. The number of nitrogens with two attached hydrogens (primary N) is 1. The van der Waals surface area contributed by atoms with E-state index in [1.165, 1.54) is 18.7 Å². The highest BCUT2D eigenvalue weighted by Gasteiger charge is 2.24. The number of nitrogens with one attached hydrogen (secondary N) is 1. The summed E-state index contributed by atoms with van der Waals surface area (Å²) in [6, 6.07) is 5.03. The van der Waals surface area contributed by atoms with E-state index >= 15 is 0 Å². The van der Waals surface area contributed by atoms with E-state index in [1.807, 2.05) is 0 Å². The van der Waals surface area contributed by atoms with Crippen LogP contribution in [-0.4, -0.2) is 27.3 Å². The lowest BCUT2D eigenvalue weighted by atomic mass is 9.84. The van der Waals surface area contributed by atoms with E-state index in [2.05, 4.69) is 5.32 Å². The van der Waals surface area contributed by atoms with E-state index in [1.54, 1.807) is 12.1 Å². The van der Waals surface area contributed by atoms with Gasteiger partial charge in [0.05, 0.1) is 15.6 Å². The quantitative estimate of drug-likeness (QED) is 0.895. The highest BCUT2D eigenvalue weighted by atomic mass is 35.5. The van der Waals surface area contributed by atoms with Gasteiger partial charge in [0.2, 0.25) is 0 Å². The zero-order chi connectivity index (χ0) is 14.8. The van der Waals surface area contributed by atoms with Gasteiger partial charge in [-0.05, 0) is 43.5 Å². The lowest BCUT2D eigenvalue weighted by molar-refractivity contribution is 0.332. The van der Waals surface area contributed by atoms with Gasteiger partial charge in [0.25, 0.3) is 0 Å². The average Bonchev–Trinajstić information content (AvgIpc) is 2.40. The van der Waals surface area contributed by atoms with Crippen molar-refractivity contribution in [1.29, 1.82) is 0 Å². The smallest absolute Gasteiger partial charge is 0.175 e. The van der Waals surface area contributed by atoms with Gasteiger partial charge in [0.1, 0.15) is 0 Å². The molecular weight excluding hydrogens is 296 g/mol. The van der Waals surface area contributed by atoms with Crippen LogP contribution < -0.4 is 11.1 Å². The standard InChI is InChI=1S/C14H21ClN2O2S/c1-20(18,19)11-6-7-12(15)14(8-11)17-13-5-3-2-4-10(13)9-16/h6-8,10,13,17H,2-5,9,16H2,1H3. The number of anilines is 1. The van der Waals surface area contributed by atoms with Crippen LogP contribution in [0.2, 0.25) is 5.02 Å². The maximum Gasteiger partial charge on any atom is 0.175 e. The van der Waals surface area contributed by atoms with E-state index in [0.29, 0.717) is 23.2 Å². The zero-order valence-electron chi connectivity index (χ0n) is 11.6. The molecule has 2 rings (SSSR count). The molecule has 3 N–H and O–H groups in total. The Labute approximate surface area is 125 Å². The van der Waals surface area contributed by atoms with Gasteiger partial charge in [-0.1, -0.05) is 24.4 Å². The summed E-state index contributed by atoms with van der Waals surface area (Å²) < 4.78 is 23.2. The van der Waals surface area contributed by atoms with Gasteiger partial charge >= 0.3 is 0 Å². The summed E-state index contributed by atoms with van der Waals surface area (Å²) in [6.07, 6.45) is 5.72. The van der Waals surface area contributed by atoms with Crippen LogP contribution in [0.3, 0.4) is 0 Å². The molecule has 2 atom stereocenters. The fourth-order valence-corrected chi connectivity index (χ4v) is 3.54. The molecule has 20 heavy (non-hydrogen) atoms. The topological polar surface area (TPSA) is 72.2 Å². The van der Waals surface area contributed by atoms with Crippen LogP contribution in [0.5, 0.6) is 0 Å². The normalized spacial score (nSPS) is 23.6. The molecule has 4 nitrogen and oxygen atoms in total. The first-order valence-electron chi connectivity index (χ1n) is 6.88. The molecule has 112 valence electrons. The first-order valence-corrected chi connectivity index (χ1v) is 9.15. The molecule has 6 heteroatoms. The van der Waals surface area contributed by atoms with Gasteiger partial charge in [0, 0.05) is 12.3 Å². The first-order chi connectivity index (χ1) is 9.41. The Hall–Kier alpha value is -0.780. The lowest BCUT2D eigenvalue weighted by Crippen LogP contribution is -2.36. The van der Waals surface area contributed by atoms with Crippen molar-refractivity contribution in [2.24, 2.45) is 11.7 Å². The highest BCUT2D eigenvalue weighted by Crippen LogP contribution is 2.31. The van der Waals surface area contributed by atoms with Crippen molar-refractivity contribution in [3.63, 3.8) is 0 Å². The van der Waals surface area contributed by atoms with Crippen molar-refractivity contribution in [2.45, 2.75) is 36.6 Å². The second-order valence-corrected chi connectivity index (χ2v) is 7.87. The Morgan fingerprint density at radius 1 is 1.35 bits per heavy atom. The molecular formula is C14H21ClN2O2S. The van der Waals surface area contributed by atoms with Crippen molar-refractivity contribution < 1.29 is 8.42 Å². The number of benzene rings is 1. The van der Waals surface area contributed by atoms with E-state index < -0.39 is 9.84 Å². The van der Waals surface area contributed by atoms with Crippen LogP contribution in [0.15, 0.2) is 23.1 Å². The molecule has 0 amide bonds. The van der Waals surface area contributed by atoms with Gasteiger partial charge in [-0.3, -0.25) is 0 Å². The van der Waals surface area contributed by atoms with Crippen LogP contribution in [-0.2, 0) is 9.84 Å². The molecule has 0 radical (unpaired) electrons. The summed E-state index contributed by atoms with van der Waals surface area (Å²) in [5, 5.41) is 3.93. The SMILES string of the molecule is CS(=O)(=O)c1ccc(Cl)c(NC2CCCCC2CN)c1. The molecule has 0 bridgehead atoms. The molecule has 0 aromatic heterocycles. The van der Waals surface area contributed by atoms with Gasteiger partial charge in [-0.2, -0.15) is 0 Å². The van der Waals surface area contributed by atoms with Gasteiger partial charge in [-0.15, -0.1) is 0 Å². The van der Waals surface area contributed by atoms with Crippen LogP contribution >= 0.6 is 11.6 Å². The Balaban J connectivity index is 2.24. The number of rotatable bonds is 4. The summed E-state index contributed by atoms with van der Waals surface area (Å²) in [5.41, 5.74) is 6.50. The van der Waals surface area contributed by atoms with Crippen molar-refractivity contribution >= 4 is 27.1 Å². The number of hydrogen-bond donors (Lipinski definition) is 2. The largest absolute Gasteiger partial charge is 0.381 e. The minimum absolute atomic E-state index is 0.265. The second-order valence-electron chi connectivity index (χ2n) is 5.44. The van der Waals surface area contributed by atoms with Crippen molar-refractivity contribution in [3.8, 4) is 0 Å². The monoisotopic (exact) mass is 316 g/mol. The number of hydrogen-bond acceptors (Lipinski definition) is 4. The first kappa shape index (κ1) is 15.6. The highest BCUT2D eigenvalue weighted by molar-refractivity contribution is 7.90. The van der Waals surface area contributed by atoms with Crippen molar-refractivity contribution in [1.82, 2.24) is 0 Å². The van der Waals surface area contributed by atoms with Gasteiger partial charge in [0.15, 0.2) is 9.84 Å². The predicted molar refractivity (Wildman–Crippen MR) is 83.0 cm³/mol. The third-order valence-electron chi connectivity index (χ3n) is 3.92. The molecule has 0 spiro atoms. The Morgan fingerprint density at radius 2 is 2.05 bits per heavy atom. The van der Waals surface area contributed by atoms with E-state index in [0.717, 1.165) is 19.3 Å². The maximum atomic E-state index is 11.6. The Morgan fingerprint density at radius 3 is 2.70 bits per heavy atom. The fourth-order valence-electron chi connectivity index (χ4n) is 2.73. The molecule has 1 aliphatic carbocycles. The van der Waals surface area contributed by atoms with Crippen LogP contribution in [0.4, 0.5) is 5.69 Å². The minimum Gasteiger partial charge on any atom is -0.381 e. The Bertz CT molecular complexity index is 575. The fraction of sp³-hybridized carbons (Fsp3) is 0.571. The summed E-state index contributed by atoms with van der Waals surface area (Å²) in [4.78, 5) is 0.282. The van der Waals surface area contributed by atoms with E-state index in [-0.39, 0.29) is 10.9 Å². The molecule has 1 fully saturated rings. The Kier molecular flexibility index (Phi) is 4.94. The zero-order valence-corrected chi connectivity index (χ0v) is 13.2. The molecule has 0 saturated heterocycles. The summed E-state index contributed by atoms with van der Waals surface area (Å²) >= 11 is 6.17. The van der Waals surface area contributed by atoms with Crippen LogP contribution in [0.25, 0.3) is 0 Å². The minimum atomic E-state index is -3.23. The second kappa shape index (κ2) is 6.33. The molecule has 1 saturated carbocycles. The van der Waals surface area contributed by atoms with E-state index in [9.17, 15) is 8.42 Å². The summed E-state index contributed by atoms with van der Waals surface area (Å²) in [7, 11) is -3.23. The molecule has 2 unspecified atom stereocenters. The lowest BCUT2D eigenvalue weighted by Gasteiger charge is -2.32. The summed E-state index contributed by atoms with van der Waals surface area (Å²) in [6.45, 7) is 0.640. The molecule has 0 heterocycles. The third-order valence-corrected chi connectivity index (χ3v) is 5.36. The molecule has 1 aromatic carbocycles. The average molecular weight is 317 g/mol. The third kappa shape index (κ3) is 3.65. The maximum absolute atomic E-state index is 11.6. The van der Waals surface area contributed by atoms with Crippen molar-refractivity contribution in [2.75, 3.05) is 18.1 Å². The molecule has 1 aliphatic rings. The van der Waals surface area contributed by atoms with Gasteiger partial charge in [-0.25, -0.2) is 8.42 Å². The van der Waals surface area contributed by atoms with Gasteiger partial charge < -0.3 is 11.1 Å². The van der Waals surface area contributed by atoms with Crippen LogP contribution in [0, 0.1) is 5.92 Å². The van der Waals surface area contributed by atoms with E-state index in [4.69, 9.17) is 17.3 Å². The predicted octanol–water partition coefficient (Wildman–Crippen LogP) is 2.67.